The van der Waals surface area contributed by atoms with Gasteiger partial charge in [-0.15, -0.1) is 0 Å². The summed E-state index contributed by atoms with van der Waals surface area (Å²) in [5.74, 6) is 1.18. The Morgan fingerprint density at radius 2 is 2.16 bits per heavy atom. The van der Waals surface area contributed by atoms with Gasteiger partial charge in [-0.05, 0) is 24.5 Å². The van der Waals surface area contributed by atoms with Crippen LogP contribution >= 0.6 is 0 Å². The van der Waals surface area contributed by atoms with Gasteiger partial charge in [0.1, 0.15) is 5.75 Å². The van der Waals surface area contributed by atoms with Gasteiger partial charge in [-0.1, -0.05) is 26.8 Å². The monoisotopic (exact) mass is 264 g/mol. The average molecular weight is 264 g/mol. The fraction of sp³-hybridized carbons (Fsp3) is 0.533. The van der Waals surface area contributed by atoms with E-state index in [2.05, 4.69) is 19.2 Å². The molecular formula is C15H24N2O2. The van der Waals surface area contributed by atoms with Gasteiger partial charge in [-0.2, -0.15) is 0 Å². The summed E-state index contributed by atoms with van der Waals surface area (Å²) in [4.78, 5) is 11.7. The van der Waals surface area contributed by atoms with Gasteiger partial charge in [0.15, 0.2) is 0 Å². The summed E-state index contributed by atoms with van der Waals surface area (Å²) in [5, 5.41) is 2.84. The number of carbonyl (C=O) groups excluding carboxylic acids is 1. The van der Waals surface area contributed by atoms with Crippen molar-refractivity contribution in [2.24, 2.45) is 11.7 Å². The highest BCUT2D eigenvalue weighted by molar-refractivity contribution is 5.91. The molecule has 0 aliphatic carbocycles. The maximum atomic E-state index is 11.7. The molecule has 1 rings (SSSR count). The highest BCUT2D eigenvalue weighted by atomic mass is 16.5. The van der Waals surface area contributed by atoms with Crippen LogP contribution in [-0.2, 0) is 4.79 Å². The number of nitrogens with one attached hydrogen (secondary N) is 1. The Bertz CT molecular complexity index is 405. The van der Waals surface area contributed by atoms with E-state index in [0.29, 0.717) is 18.9 Å². The molecule has 0 saturated carbocycles. The van der Waals surface area contributed by atoms with E-state index in [1.165, 1.54) is 0 Å². The van der Waals surface area contributed by atoms with Crippen LogP contribution in [0.25, 0.3) is 0 Å². The van der Waals surface area contributed by atoms with Crippen LogP contribution in [0.1, 0.15) is 33.6 Å². The lowest BCUT2D eigenvalue weighted by Gasteiger charge is -2.12. The third-order valence-electron chi connectivity index (χ3n) is 2.67. The topological polar surface area (TPSA) is 64.4 Å². The normalized spacial score (nSPS) is 12.3. The number of nitrogens with two attached hydrogens (primary N) is 1. The molecule has 19 heavy (non-hydrogen) atoms. The third-order valence-corrected chi connectivity index (χ3v) is 2.67. The van der Waals surface area contributed by atoms with Gasteiger partial charge in [0.05, 0.1) is 6.61 Å². The standard InChI is InChI=1S/C15H24N2O2/c1-4-12(16)8-15(18)17-13-6-5-7-14(9-13)19-10-11(2)3/h5-7,9,11-12H,4,8,10,16H2,1-3H3,(H,17,18). The predicted molar refractivity (Wildman–Crippen MR) is 78.3 cm³/mol. The first-order valence-electron chi connectivity index (χ1n) is 6.79. The molecule has 1 atom stereocenters. The van der Waals surface area contributed by atoms with E-state index in [1.54, 1.807) is 0 Å². The highest BCUT2D eigenvalue weighted by Crippen LogP contribution is 2.18. The number of hydrogen-bond acceptors (Lipinski definition) is 3. The zero-order valence-corrected chi connectivity index (χ0v) is 12.0. The average Bonchev–Trinajstić information content (AvgIpc) is 2.36. The molecule has 1 amide bonds. The fourth-order valence-electron chi connectivity index (χ4n) is 1.52. The molecule has 1 unspecified atom stereocenters. The lowest BCUT2D eigenvalue weighted by molar-refractivity contribution is -0.116. The first kappa shape index (κ1) is 15.5. The molecule has 1 aromatic rings. The Balaban J connectivity index is 2.54. The molecule has 106 valence electrons. The number of carbonyl (C=O) groups is 1. The maximum absolute atomic E-state index is 11.7. The molecule has 0 aliphatic rings. The molecule has 4 heteroatoms. The van der Waals surface area contributed by atoms with Crippen LogP contribution in [0.15, 0.2) is 24.3 Å². The summed E-state index contributed by atoms with van der Waals surface area (Å²) >= 11 is 0. The van der Waals surface area contributed by atoms with Crippen molar-refractivity contribution in [3.63, 3.8) is 0 Å². The van der Waals surface area contributed by atoms with Crippen molar-refractivity contribution in [2.45, 2.75) is 39.7 Å². The van der Waals surface area contributed by atoms with Crippen LogP contribution in [0.2, 0.25) is 0 Å². The summed E-state index contributed by atoms with van der Waals surface area (Å²) in [7, 11) is 0. The van der Waals surface area contributed by atoms with Crippen LogP contribution in [0, 0.1) is 5.92 Å². The highest BCUT2D eigenvalue weighted by Gasteiger charge is 2.08. The fourth-order valence-corrected chi connectivity index (χ4v) is 1.52. The van der Waals surface area contributed by atoms with Crippen molar-refractivity contribution in [3.05, 3.63) is 24.3 Å². The molecule has 0 radical (unpaired) electrons. The Labute approximate surface area is 115 Å². The minimum atomic E-state index is -0.0830. The molecule has 0 fully saturated rings. The van der Waals surface area contributed by atoms with Crippen LogP contribution in [-0.4, -0.2) is 18.6 Å². The Hall–Kier alpha value is -1.55. The Morgan fingerprint density at radius 1 is 1.42 bits per heavy atom. The number of hydrogen-bond donors (Lipinski definition) is 2. The molecule has 0 aliphatic heterocycles. The van der Waals surface area contributed by atoms with E-state index in [9.17, 15) is 4.79 Å². The SMILES string of the molecule is CCC(N)CC(=O)Nc1cccc(OCC(C)C)c1. The second-order valence-corrected chi connectivity index (χ2v) is 5.15. The van der Waals surface area contributed by atoms with Crippen molar-refractivity contribution < 1.29 is 9.53 Å². The Kier molecular flexibility index (Phi) is 6.36. The van der Waals surface area contributed by atoms with Crippen molar-refractivity contribution in [3.8, 4) is 5.75 Å². The van der Waals surface area contributed by atoms with Gasteiger partial charge >= 0.3 is 0 Å². The zero-order chi connectivity index (χ0) is 14.3. The molecule has 4 nitrogen and oxygen atoms in total. The minimum Gasteiger partial charge on any atom is -0.493 e. The first-order valence-corrected chi connectivity index (χ1v) is 6.79. The number of ether oxygens (including phenoxy) is 1. The molecule has 0 aromatic heterocycles. The summed E-state index contributed by atoms with van der Waals surface area (Å²) in [6.45, 7) is 6.83. The Morgan fingerprint density at radius 3 is 2.79 bits per heavy atom. The van der Waals surface area contributed by atoms with Crippen LogP contribution in [0.4, 0.5) is 5.69 Å². The molecule has 0 heterocycles. The molecule has 0 spiro atoms. The minimum absolute atomic E-state index is 0.0599. The molecule has 0 saturated heterocycles. The second-order valence-electron chi connectivity index (χ2n) is 5.15. The smallest absolute Gasteiger partial charge is 0.225 e. The summed E-state index contributed by atoms with van der Waals surface area (Å²) in [5.41, 5.74) is 6.50. The van der Waals surface area contributed by atoms with Gasteiger partial charge in [0, 0.05) is 24.2 Å². The molecule has 3 N–H and O–H groups in total. The summed E-state index contributed by atoms with van der Waals surface area (Å²) < 4.78 is 5.62. The summed E-state index contributed by atoms with van der Waals surface area (Å²) in [6, 6.07) is 7.34. The van der Waals surface area contributed by atoms with E-state index in [-0.39, 0.29) is 11.9 Å². The largest absolute Gasteiger partial charge is 0.493 e. The van der Waals surface area contributed by atoms with Crippen molar-refractivity contribution in [1.82, 2.24) is 0 Å². The zero-order valence-electron chi connectivity index (χ0n) is 12.0. The quantitative estimate of drug-likeness (QED) is 0.796. The van der Waals surface area contributed by atoms with E-state index >= 15 is 0 Å². The van der Waals surface area contributed by atoms with Gasteiger partial charge < -0.3 is 15.8 Å². The predicted octanol–water partition coefficient (Wildman–Crippen LogP) is 2.79. The van der Waals surface area contributed by atoms with Crippen LogP contribution < -0.4 is 15.8 Å². The van der Waals surface area contributed by atoms with Crippen LogP contribution in [0.3, 0.4) is 0 Å². The van der Waals surface area contributed by atoms with Gasteiger partial charge in [-0.25, -0.2) is 0 Å². The van der Waals surface area contributed by atoms with E-state index < -0.39 is 0 Å². The number of benzene rings is 1. The van der Waals surface area contributed by atoms with E-state index in [4.69, 9.17) is 10.5 Å². The van der Waals surface area contributed by atoms with Gasteiger partial charge in [-0.3, -0.25) is 4.79 Å². The molecular weight excluding hydrogens is 240 g/mol. The maximum Gasteiger partial charge on any atom is 0.225 e. The number of anilines is 1. The van der Waals surface area contributed by atoms with Crippen molar-refractivity contribution >= 4 is 11.6 Å². The third kappa shape index (κ3) is 6.25. The van der Waals surface area contributed by atoms with Gasteiger partial charge in [0.25, 0.3) is 0 Å². The molecule has 1 aromatic carbocycles. The summed E-state index contributed by atoms with van der Waals surface area (Å²) in [6.07, 6.45) is 1.14. The lowest BCUT2D eigenvalue weighted by atomic mass is 10.1. The first-order chi connectivity index (χ1) is 9.01. The van der Waals surface area contributed by atoms with Crippen LogP contribution in [0.5, 0.6) is 5.75 Å². The van der Waals surface area contributed by atoms with Crippen molar-refractivity contribution in [1.29, 1.82) is 0 Å². The van der Waals surface area contributed by atoms with E-state index in [1.807, 2.05) is 31.2 Å². The second kappa shape index (κ2) is 7.79. The van der Waals surface area contributed by atoms with Gasteiger partial charge in [0.2, 0.25) is 5.91 Å². The van der Waals surface area contributed by atoms with Crippen molar-refractivity contribution in [2.75, 3.05) is 11.9 Å². The lowest BCUT2D eigenvalue weighted by Crippen LogP contribution is -2.26. The number of rotatable bonds is 7. The number of amides is 1. The van der Waals surface area contributed by atoms with E-state index in [0.717, 1.165) is 17.9 Å². The molecule has 0 bridgehead atoms.